The first-order valence-corrected chi connectivity index (χ1v) is 8.86. The van der Waals surface area contributed by atoms with Crippen LogP contribution in [0.25, 0.3) is 11.6 Å². The molecule has 3 rings (SSSR count). The summed E-state index contributed by atoms with van der Waals surface area (Å²) in [6.07, 6.45) is 7.85. The van der Waals surface area contributed by atoms with Crippen molar-refractivity contribution in [3.63, 3.8) is 0 Å². The molecule has 1 heterocycles. The molecule has 0 saturated heterocycles. The van der Waals surface area contributed by atoms with Crippen LogP contribution >= 0.6 is 0 Å². The Morgan fingerprint density at radius 2 is 1.71 bits per heavy atom. The minimum absolute atomic E-state index is 0.115. The standard InChI is InChI=1S/C23H30O/c1-15-11-20-17(9-10-23(7,8)24-20)12-18(15)19-13-21(3,4)14-22(5,6)16(19)2/h9-13H,2,14H2,1,3-8H3. The summed E-state index contributed by atoms with van der Waals surface area (Å²) in [4.78, 5) is 0. The van der Waals surface area contributed by atoms with Gasteiger partial charge in [-0.3, -0.25) is 0 Å². The van der Waals surface area contributed by atoms with E-state index in [0.717, 1.165) is 17.7 Å². The van der Waals surface area contributed by atoms with Crippen molar-refractivity contribution in [1.82, 2.24) is 0 Å². The maximum absolute atomic E-state index is 6.12. The van der Waals surface area contributed by atoms with Gasteiger partial charge in [-0.1, -0.05) is 46.4 Å². The van der Waals surface area contributed by atoms with Gasteiger partial charge in [-0.2, -0.15) is 0 Å². The Morgan fingerprint density at radius 3 is 2.38 bits per heavy atom. The smallest absolute Gasteiger partial charge is 0.128 e. The molecule has 0 spiro atoms. The van der Waals surface area contributed by atoms with Gasteiger partial charge in [0, 0.05) is 5.56 Å². The second-order valence-electron chi connectivity index (χ2n) is 9.33. The van der Waals surface area contributed by atoms with Crippen LogP contribution in [-0.4, -0.2) is 5.60 Å². The van der Waals surface area contributed by atoms with E-state index < -0.39 is 0 Å². The molecule has 128 valence electrons. The zero-order chi connectivity index (χ0) is 17.9. The maximum Gasteiger partial charge on any atom is 0.128 e. The van der Waals surface area contributed by atoms with Crippen LogP contribution in [0.3, 0.4) is 0 Å². The molecule has 0 unspecified atom stereocenters. The van der Waals surface area contributed by atoms with Gasteiger partial charge in [0.1, 0.15) is 11.4 Å². The van der Waals surface area contributed by atoms with Gasteiger partial charge in [-0.05, 0) is 78.5 Å². The largest absolute Gasteiger partial charge is 0.483 e. The second-order valence-corrected chi connectivity index (χ2v) is 9.33. The number of aryl methyl sites for hydroxylation is 1. The quantitative estimate of drug-likeness (QED) is 0.568. The maximum atomic E-state index is 6.12. The van der Waals surface area contributed by atoms with Gasteiger partial charge in [0.2, 0.25) is 0 Å². The highest BCUT2D eigenvalue weighted by Crippen LogP contribution is 2.51. The third-order valence-electron chi connectivity index (χ3n) is 5.26. The molecule has 24 heavy (non-hydrogen) atoms. The highest BCUT2D eigenvalue weighted by Gasteiger charge is 2.37. The zero-order valence-electron chi connectivity index (χ0n) is 16.2. The third kappa shape index (κ3) is 2.97. The highest BCUT2D eigenvalue weighted by atomic mass is 16.5. The molecule has 0 N–H and O–H groups in total. The van der Waals surface area contributed by atoms with Gasteiger partial charge >= 0.3 is 0 Å². The lowest BCUT2D eigenvalue weighted by molar-refractivity contribution is 0.159. The number of hydrogen-bond acceptors (Lipinski definition) is 1. The molecule has 1 aromatic rings. The number of rotatable bonds is 1. The Morgan fingerprint density at radius 1 is 1.04 bits per heavy atom. The molecule has 0 radical (unpaired) electrons. The molecule has 0 atom stereocenters. The predicted octanol–water partition coefficient (Wildman–Crippen LogP) is 6.57. The van der Waals surface area contributed by atoms with Crippen LogP contribution in [0.5, 0.6) is 5.75 Å². The summed E-state index contributed by atoms with van der Waals surface area (Å²) < 4.78 is 6.12. The molecule has 1 aromatic carbocycles. The number of ether oxygens (including phenoxy) is 1. The molecule has 1 nitrogen and oxygen atoms in total. The Balaban J connectivity index is 2.14. The van der Waals surface area contributed by atoms with E-state index in [2.05, 4.69) is 85.4 Å². The van der Waals surface area contributed by atoms with E-state index in [0.29, 0.717) is 0 Å². The zero-order valence-corrected chi connectivity index (χ0v) is 16.2. The van der Waals surface area contributed by atoms with Crippen molar-refractivity contribution in [2.45, 2.75) is 60.5 Å². The predicted molar refractivity (Wildman–Crippen MR) is 104 cm³/mol. The molecule has 0 aromatic heterocycles. The fraction of sp³-hybridized carbons (Fsp3) is 0.478. The number of fused-ring (bicyclic) bond motifs is 1. The molecular weight excluding hydrogens is 292 g/mol. The summed E-state index contributed by atoms with van der Waals surface area (Å²) in [6, 6.07) is 4.45. The van der Waals surface area contributed by atoms with Crippen LogP contribution in [0.1, 0.15) is 64.7 Å². The van der Waals surface area contributed by atoms with E-state index in [9.17, 15) is 0 Å². The Kier molecular flexibility index (Phi) is 3.64. The molecule has 1 aliphatic carbocycles. The first kappa shape index (κ1) is 17.1. The second kappa shape index (κ2) is 5.12. The highest BCUT2D eigenvalue weighted by molar-refractivity contribution is 5.84. The Bertz CT molecular complexity index is 769. The van der Waals surface area contributed by atoms with Crippen molar-refractivity contribution in [3.8, 4) is 5.75 Å². The van der Waals surface area contributed by atoms with Crippen molar-refractivity contribution in [3.05, 3.63) is 53.1 Å². The van der Waals surface area contributed by atoms with E-state index in [1.54, 1.807) is 0 Å². The van der Waals surface area contributed by atoms with Crippen LogP contribution in [0.2, 0.25) is 0 Å². The molecule has 0 amide bonds. The van der Waals surface area contributed by atoms with Crippen LogP contribution in [0, 0.1) is 17.8 Å². The van der Waals surface area contributed by atoms with E-state index >= 15 is 0 Å². The van der Waals surface area contributed by atoms with Gasteiger partial charge in [0.15, 0.2) is 0 Å². The SMILES string of the molecule is C=C1C(c2cc3c(cc2C)OC(C)(C)C=C3)=CC(C)(C)CC1(C)C. The summed E-state index contributed by atoms with van der Waals surface area (Å²) >= 11 is 0. The number of hydrogen-bond donors (Lipinski definition) is 0. The topological polar surface area (TPSA) is 9.23 Å². The van der Waals surface area contributed by atoms with E-state index in [-0.39, 0.29) is 16.4 Å². The summed E-state index contributed by atoms with van der Waals surface area (Å²) in [5.74, 6) is 0.976. The molecule has 0 bridgehead atoms. The number of allylic oxidation sites excluding steroid dienone is 3. The first-order chi connectivity index (χ1) is 10.9. The van der Waals surface area contributed by atoms with Gasteiger partial charge in [0.05, 0.1) is 0 Å². The minimum atomic E-state index is -0.237. The van der Waals surface area contributed by atoms with Crippen LogP contribution in [0.4, 0.5) is 0 Å². The average Bonchev–Trinajstić information content (AvgIpc) is 2.40. The Labute approximate surface area is 147 Å². The fourth-order valence-electron chi connectivity index (χ4n) is 4.19. The number of benzene rings is 1. The van der Waals surface area contributed by atoms with E-state index in [1.165, 1.54) is 22.3 Å². The lowest BCUT2D eigenvalue weighted by Gasteiger charge is -2.42. The lowest BCUT2D eigenvalue weighted by atomic mass is 9.63. The third-order valence-corrected chi connectivity index (χ3v) is 5.26. The normalized spacial score (nSPS) is 23.3. The first-order valence-electron chi connectivity index (χ1n) is 8.86. The molecule has 2 aliphatic rings. The molecule has 1 heteroatoms. The van der Waals surface area contributed by atoms with Crippen molar-refractivity contribution in [2.75, 3.05) is 0 Å². The summed E-state index contributed by atoms with van der Waals surface area (Å²) in [5, 5.41) is 0. The van der Waals surface area contributed by atoms with Crippen molar-refractivity contribution in [1.29, 1.82) is 0 Å². The van der Waals surface area contributed by atoms with Gasteiger partial charge in [0.25, 0.3) is 0 Å². The van der Waals surface area contributed by atoms with Gasteiger partial charge in [-0.15, -0.1) is 0 Å². The molecular formula is C23H30O. The van der Waals surface area contributed by atoms with Gasteiger partial charge < -0.3 is 4.74 Å². The monoisotopic (exact) mass is 322 g/mol. The Hall–Kier alpha value is -1.76. The van der Waals surface area contributed by atoms with Crippen molar-refractivity contribution < 1.29 is 4.74 Å². The van der Waals surface area contributed by atoms with Crippen molar-refractivity contribution in [2.24, 2.45) is 10.8 Å². The average molecular weight is 322 g/mol. The molecule has 1 aliphatic heterocycles. The molecule has 0 fully saturated rings. The lowest BCUT2D eigenvalue weighted by Crippen LogP contribution is -2.29. The van der Waals surface area contributed by atoms with E-state index in [4.69, 9.17) is 4.74 Å². The fourth-order valence-corrected chi connectivity index (χ4v) is 4.19. The minimum Gasteiger partial charge on any atom is -0.483 e. The van der Waals surface area contributed by atoms with Crippen LogP contribution in [0.15, 0.2) is 36.4 Å². The van der Waals surface area contributed by atoms with Crippen molar-refractivity contribution >= 4 is 11.6 Å². The molecule has 0 saturated carbocycles. The summed E-state index contributed by atoms with van der Waals surface area (Å²) in [6.45, 7) is 20.1. The summed E-state index contributed by atoms with van der Waals surface area (Å²) in [7, 11) is 0. The van der Waals surface area contributed by atoms with Gasteiger partial charge in [-0.25, -0.2) is 0 Å². The van der Waals surface area contributed by atoms with Crippen LogP contribution in [-0.2, 0) is 0 Å². The summed E-state index contributed by atoms with van der Waals surface area (Å²) in [5.41, 5.74) is 6.29. The van der Waals surface area contributed by atoms with Crippen LogP contribution < -0.4 is 4.74 Å². The van der Waals surface area contributed by atoms with E-state index in [1.807, 2.05) is 0 Å².